The Bertz CT molecular complexity index is 500. The van der Waals surface area contributed by atoms with Crippen LogP contribution in [0.15, 0.2) is 18.5 Å². The van der Waals surface area contributed by atoms with Gasteiger partial charge in [0.25, 0.3) is 0 Å². The summed E-state index contributed by atoms with van der Waals surface area (Å²) in [5.41, 5.74) is 2.30. The summed E-state index contributed by atoms with van der Waals surface area (Å²) in [5, 5.41) is 4.58. The van der Waals surface area contributed by atoms with E-state index in [1.807, 2.05) is 0 Å². The van der Waals surface area contributed by atoms with Gasteiger partial charge < -0.3 is 15.0 Å². The van der Waals surface area contributed by atoms with E-state index in [9.17, 15) is 0 Å². The predicted molar refractivity (Wildman–Crippen MR) is 62.9 cm³/mol. The fraction of sp³-hybridized carbons (Fsp3) is 0.417. The molecule has 0 aromatic carbocycles. The molecule has 0 radical (unpaired) electrons. The summed E-state index contributed by atoms with van der Waals surface area (Å²) in [7, 11) is 1.67. The van der Waals surface area contributed by atoms with Gasteiger partial charge in [0.15, 0.2) is 0 Å². The van der Waals surface area contributed by atoms with Crippen molar-refractivity contribution >= 4 is 11.0 Å². The predicted octanol–water partition coefficient (Wildman–Crippen LogP) is 1.65. The molecule has 1 saturated heterocycles. The van der Waals surface area contributed by atoms with Crippen molar-refractivity contribution in [3.8, 4) is 5.75 Å². The molecule has 3 heterocycles. The summed E-state index contributed by atoms with van der Waals surface area (Å²) in [6, 6.07) is 2.06. The monoisotopic (exact) mass is 217 g/mol. The second kappa shape index (κ2) is 3.79. The molecule has 1 aliphatic heterocycles. The Kier molecular flexibility index (Phi) is 2.29. The third kappa shape index (κ3) is 1.46. The number of aromatic nitrogens is 2. The molecule has 1 aliphatic rings. The molecular formula is C12H15N3O. The van der Waals surface area contributed by atoms with Crippen molar-refractivity contribution in [2.45, 2.75) is 12.3 Å². The number of H-pyrrole nitrogens is 1. The molecule has 1 fully saturated rings. The van der Waals surface area contributed by atoms with Crippen LogP contribution in [0.1, 0.15) is 17.9 Å². The molecule has 2 aromatic heterocycles. The maximum Gasteiger partial charge on any atom is 0.137 e. The number of hydrogen-bond donors (Lipinski definition) is 2. The fourth-order valence-corrected chi connectivity index (χ4v) is 2.37. The molecule has 1 atom stereocenters. The van der Waals surface area contributed by atoms with Gasteiger partial charge in [0.1, 0.15) is 11.4 Å². The Labute approximate surface area is 94.0 Å². The third-order valence-corrected chi connectivity index (χ3v) is 3.27. The van der Waals surface area contributed by atoms with Crippen LogP contribution in [0.2, 0.25) is 0 Å². The van der Waals surface area contributed by atoms with E-state index >= 15 is 0 Å². The average Bonchev–Trinajstić information content (AvgIpc) is 2.96. The van der Waals surface area contributed by atoms with Crippen molar-refractivity contribution in [1.82, 2.24) is 15.3 Å². The number of nitrogens with one attached hydrogen (secondary N) is 2. The van der Waals surface area contributed by atoms with Crippen LogP contribution in [0.4, 0.5) is 0 Å². The standard InChI is InChI=1S/C12H15N3O/c1-16-9-4-10-11(8-2-3-13-5-8)7-15-12(10)14-6-9/h4,6-8,13H,2-3,5H2,1H3,(H,14,15). The number of nitrogens with zero attached hydrogens (tertiary/aromatic N) is 1. The number of aromatic amines is 1. The van der Waals surface area contributed by atoms with Gasteiger partial charge in [-0.1, -0.05) is 0 Å². The molecule has 0 spiro atoms. The number of hydrogen-bond acceptors (Lipinski definition) is 3. The summed E-state index contributed by atoms with van der Waals surface area (Å²) < 4.78 is 5.22. The minimum atomic E-state index is 0.600. The molecule has 4 nitrogen and oxygen atoms in total. The van der Waals surface area contributed by atoms with E-state index in [0.717, 1.165) is 24.5 Å². The highest BCUT2D eigenvalue weighted by Crippen LogP contribution is 2.30. The number of pyridine rings is 1. The Balaban J connectivity index is 2.09. The highest BCUT2D eigenvalue weighted by molar-refractivity contribution is 5.81. The fourth-order valence-electron chi connectivity index (χ4n) is 2.37. The lowest BCUT2D eigenvalue weighted by atomic mass is 9.99. The lowest BCUT2D eigenvalue weighted by molar-refractivity contribution is 0.413. The average molecular weight is 217 g/mol. The van der Waals surface area contributed by atoms with Crippen molar-refractivity contribution < 1.29 is 4.74 Å². The Morgan fingerprint density at radius 3 is 3.19 bits per heavy atom. The van der Waals surface area contributed by atoms with Crippen LogP contribution in [0.25, 0.3) is 11.0 Å². The van der Waals surface area contributed by atoms with E-state index in [-0.39, 0.29) is 0 Å². The minimum Gasteiger partial charge on any atom is -0.495 e. The van der Waals surface area contributed by atoms with Crippen molar-refractivity contribution in [3.05, 3.63) is 24.0 Å². The van der Waals surface area contributed by atoms with Gasteiger partial charge in [-0.05, 0) is 30.5 Å². The first-order valence-corrected chi connectivity index (χ1v) is 5.60. The van der Waals surface area contributed by atoms with Crippen LogP contribution in [0, 0.1) is 0 Å². The lowest BCUT2D eigenvalue weighted by Crippen LogP contribution is -2.07. The molecule has 3 rings (SSSR count). The topological polar surface area (TPSA) is 49.9 Å². The van der Waals surface area contributed by atoms with Crippen molar-refractivity contribution in [3.63, 3.8) is 0 Å². The molecule has 2 N–H and O–H groups in total. The molecule has 84 valence electrons. The Morgan fingerprint density at radius 1 is 1.50 bits per heavy atom. The second-order valence-electron chi connectivity index (χ2n) is 4.21. The molecule has 0 amide bonds. The zero-order chi connectivity index (χ0) is 11.0. The zero-order valence-electron chi connectivity index (χ0n) is 9.29. The summed E-state index contributed by atoms with van der Waals surface area (Å²) in [4.78, 5) is 7.57. The van der Waals surface area contributed by atoms with E-state index in [2.05, 4.69) is 27.5 Å². The molecular weight excluding hydrogens is 202 g/mol. The first kappa shape index (κ1) is 9.66. The van der Waals surface area contributed by atoms with E-state index in [1.54, 1.807) is 13.3 Å². The van der Waals surface area contributed by atoms with Crippen molar-refractivity contribution in [1.29, 1.82) is 0 Å². The van der Waals surface area contributed by atoms with Crippen LogP contribution >= 0.6 is 0 Å². The first-order valence-electron chi connectivity index (χ1n) is 5.60. The summed E-state index contributed by atoms with van der Waals surface area (Å²) in [6.45, 7) is 2.17. The van der Waals surface area contributed by atoms with Crippen LogP contribution < -0.4 is 10.1 Å². The Hall–Kier alpha value is -1.55. The molecule has 4 heteroatoms. The van der Waals surface area contributed by atoms with Gasteiger partial charge in [0.05, 0.1) is 13.3 Å². The Morgan fingerprint density at radius 2 is 2.44 bits per heavy atom. The maximum absolute atomic E-state index is 5.22. The lowest BCUT2D eigenvalue weighted by Gasteiger charge is -2.06. The quantitative estimate of drug-likeness (QED) is 0.804. The van der Waals surface area contributed by atoms with Crippen LogP contribution in [-0.4, -0.2) is 30.2 Å². The SMILES string of the molecule is COc1cnc2[nH]cc(C3CCNC3)c2c1. The van der Waals surface area contributed by atoms with E-state index in [0.29, 0.717) is 5.92 Å². The molecule has 2 aromatic rings. The van der Waals surface area contributed by atoms with E-state index in [1.165, 1.54) is 17.4 Å². The van der Waals surface area contributed by atoms with Gasteiger partial charge in [-0.2, -0.15) is 0 Å². The van der Waals surface area contributed by atoms with Gasteiger partial charge in [-0.15, -0.1) is 0 Å². The smallest absolute Gasteiger partial charge is 0.137 e. The van der Waals surface area contributed by atoms with Crippen molar-refractivity contribution in [2.24, 2.45) is 0 Å². The molecule has 0 bridgehead atoms. The van der Waals surface area contributed by atoms with Crippen LogP contribution in [0.5, 0.6) is 5.75 Å². The largest absolute Gasteiger partial charge is 0.495 e. The van der Waals surface area contributed by atoms with E-state index in [4.69, 9.17) is 4.74 Å². The van der Waals surface area contributed by atoms with Gasteiger partial charge in [-0.25, -0.2) is 4.98 Å². The summed E-state index contributed by atoms with van der Waals surface area (Å²) >= 11 is 0. The normalized spacial score (nSPS) is 20.4. The van der Waals surface area contributed by atoms with E-state index < -0.39 is 0 Å². The summed E-state index contributed by atoms with van der Waals surface area (Å²) in [6.07, 6.45) is 5.02. The maximum atomic E-state index is 5.22. The second-order valence-corrected chi connectivity index (χ2v) is 4.21. The molecule has 16 heavy (non-hydrogen) atoms. The van der Waals surface area contributed by atoms with Crippen LogP contribution in [0.3, 0.4) is 0 Å². The van der Waals surface area contributed by atoms with Gasteiger partial charge in [0.2, 0.25) is 0 Å². The third-order valence-electron chi connectivity index (χ3n) is 3.27. The molecule has 1 unspecified atom stereocenters. The number of rotatable bonds is 2. The van der Waals surface area contributed by atoms with Gasteiger partial charge in [0, 0.05) is 18.1 Å². The zero-order valence-corrected chi connectivity index (χ0v) is 9.29. The van der Waals surface area contributed by atoms with Gasteiger partial charge >= 0.3 is 0 Å². The first-order chi connectivity index (χ1) is 7.88. The minimum absolute atomic E-state index is 0.600. The van der Waals surface area contributed by atoms with Crippen LogP contribution in [-0.2, 0) is 0 Å². The number of fused-ring (bicyclic) bond motifs is 1. The highest BCUT2D eigenvalue weighted by Gasteiger charge is 2.20. The van der Waals surface area contributed by atoms with Gasteiger partial charge in [-0.3, -0.25) is 0 Å². The highest BCUT2D eigenvalue weighted by atomic mass is 16.5. The number of methoxy groups -OCH3 is 1. The molecule has 0 saturated carbocycles. The molecule has 0 aliphatic carbocycles. The number of ether oxygens (including phenoxy) is 1. The van der Waals surface area contributed by atoms with Crippen molar-refractivity contribution in [2.75, 3.05) is 20.2 Å². The summed E-state index contributed by atoms with van der Waals surface area (Å²) in [5.74, 6) is 1.42.